The normalized spacial score (nSPS) is 24.1. The van der Waals surface area contributed by atoms with Gasteiger partial charge in [0.1, 0.15) is 5.82 Å². The van der Waals surface area contributed by atoms with E-state index in [1.165, 1.54) is 18.2 Å². The number of carbonyl (C=O) groups is 1. The predicted molar refractivity (Wildman–Crippen MR) is 65.6 cm³/mol. The Balaban J connectivity index is 2.45. The van der Waals surface area contributed by atoms with Crippen LogP contribution in [0.4, 0.5) is 10.1 Å². The first kappa shape index (κ1) is 12.8. The summed E-state index contributed by atoms with van der Waals surface area (Å²) in [5.74, 6) is -1.62. The molecule has 0 radical (unpaired) electrons. The summed E-state index contributed by atoms with van der Waals surface area (Å²) in [6.07, 6.45) is -0.0394. The molecule has 98 valence electrons. The van der Waals surface area contributed by atoms with Gasteiger partial charge in [-0.1, -0.05) is 6.07 Å². The van der Waals surface area contributed by atoms with E-state index >= 15 is 0 Å². The van der Waals surface area contributed by atoms with E-state index in [1.54, 1.807) is 4.90 Å². The average molecular weight is 253 g/mol. The van der Waals surface area contributed by atoms with Gasteiger partial charge in [-0.2, -0.15) is 0 Å². The molecule has 1 aromatic carbocycles. The number of halogens is 1. The molecule has 1 fully saturated rings. The smallest absolute Gasteiger partial charge is 0.337 e. The molecule has 0 bridgehead atoms. The van der Waals surface area contributed by atoms with Gasteiger partial charge in [-0.3, -0.25) is 0 Å². The van der Waals surface area contributed by atoms with E-state index in [2.05, 4.69) is 0 Å². The Morgan fingerprint density at radius 1 is 1.50 bits per heavy atom. The fourth-order valence-corrected chi connectivity index (χ4v) is 2.19. The van der Waals surface area contributed by atoms with E-state index in [1.807, 2.05) is 13.8 Å². The van der Waals surface area contributed by atoms with Crippen LogP contribution in [0, 0.1) is 5.82 Å². The number of anilines is 1. The SMILES string of the molecule is CC1CN(c2c(F)cccc2C(=O)O)C(C)CO1. The summed E-state index contributed by atoms with van der Waals surface area (Å²) in [4.78, 5) is 13.0. The van der Waals surface area contributed by atoms with Crippen LogP contribution in [0.25, 0.3) is 0 Å². The Morgan fingerprint density at radius 2 is 2.22 bits per heavy atom. The number of hydrogen-bond acceptors (Lipinski definition) is 3. The molecular formula is C13H16FNO3. The number of hydrogen-bond donors (Lipinski definition) is 1. The van der Waals surface area contributed by atoms with E-state index in [-0.39, 0.29) is 23.4 Å². The predicted octanol–water partition coefficient (Wildman–Crippen LogP) is 2.14. The van der Waals surface area contributed by atoms with Crippen LogP contribution in [-0.4, -0.2) is 36.4 Å². The summed E-state index contributed by atoms with van der Waals surface area (Å²) in [5.41, 5.74) is 0.156. The molecular weight excluding hydrogens is 237 g/mol. The lowest BCUT2D eigenvalue weighted by Gasteiger charge is -2.39. The number of rotatable bonds is 2. The van der Waals surface area contributed by atoms with Crippen molar-refractivity contribution in [1.29, 1.82) is 0 Å². The molecule has 0 aliphatic carbocycles. The van der Waals surface area contributed by atoms with Gasteiger partial charge in [0.25, 0.3) is 0 Å². The maximum Gasteiger partial charge on any atom is 0.337 e. The molecule has 2 atom stereocenters. The van der Waals surface area contributed by atoms with Crippen molar-refractivity contribution in [2.45, 2.75) is 26.0 Å². The standard InChI is InChI=1S/C13H16FNO3/c1-8-7-18-9(2)6-15(8)12-10(13(16)17)4-3-5-11(12)14/h3-5,8-9H,6-7H2,1-2H3,(H,16,17). The highest BCUT2D eigenvalue weighted by atomic mass is 19.1. The van der Waals surface area contributed by atoms with Crippen molar-refractivity contribution in [1.82, 2.24) is 0 Å². The van der Waals surface area contributed by atoms with Crippen LogP contribution in [0.1, 0.15) is 24.2 Å². The molecule has 0 saturated carbocycles. The minimum Gasteiger partial charge on any atom is -0.478 e. The van der Waals surface area contributed by atoms with Crippen molar-refractivity contribution in [2.75, 3.05) is 18.1 Å². The summed E-state index contributed by atoms with van der Waals surface area (Å²) in [5, 5.41) is 9.15. The van der Waals surface area contributed by atoms with Gasteiger partial charge in [0, 0.05) is 12.6 Å². The van der Waals surface area contributed by atoms with E-state index < -0.39 is 11.8 Å². The minimum atomic E-state index is -1.11. The molecule has 4 nitrogen and oxygen atoms in total. The van der Waals surface area contributed by atoms with Crippen LogP contribution < -0.4 is 4.90 Å². The summed E-state index contributed by atoms with van der Waals surface area (Å²) < 4.78 is 19.4. The Labute approximate surface area is 105 Å². The molecule has 1 aliphatic rings. The molecule has 0 aromatic heterocycles. The van der Waals surface area contributed by atoms with Gasteiger partial charge in [-0.25, -0.2) is 9.18 Å². The maximum atomic E-state index is 13.9. The van der Waals surface area contributed by atoms with Gasteiger partial charge in [0.2, 0.25) is 0 Å². The van der Waals surface area contributed by atoms with Gasteiger partial charge in [0.05, 0.1) is 24.0 Å². The number of aromatic carboxylic acids is 1. The van der Waals surface area contributed by atoms with Crippen LogP contribution >= 0.6 is 0 Å². The highest BCUT2D eigenvalue weighted by molar-refractivity contribution is 5.94. The average Bonchev–Trinajstić information content (AvgIpc) is 2.32. The molecule has 1 saturated heterocycles. The quantitative estimate of drug-likeness (QED) is 0.877. The minimum absolute atomic E-state index is 0.00375. The number of carboxylic acid groups (broad SMARTS) is 1. The first-order valence-electron chi connectivity index (χ1n) is 5.90. The van der Waals surface area contributed by atoms with Gasteiger partial charge < -0.3 is 14.7 Å². The number of para-hydroxylation sites is 1. The van der Waals surface area contributed by atoms with E-state index in [0.29, 0.717) is 13.2 Å². The van der Waals surface area contributed by atoms with E-state index in [0.717, 1.165) is 0 Å². The van der Waals surface area contributed by atoms with Crippen LogP contribution in [0.3, 0.4) is 0 Å². The third kappa shape index (κ3) is 2.31. The third-order valence-corrected chi connectivity index (χ3v) is 3.11. The zero-order chi connectivity index (χ0) is 13.3. The summed E-state index contributed by atoms with van der Waals surface area (Å²) >= 11 is 0. The Hall–Kier alpha value is -1.62. The molecule has 1 aliphatic heterocycles. The second-order valence-electron chi connectivity index (χ2n) is 4.59. The van der Waals surface area contributed by atoms with Crippen LogP contribution in [-0.2, 0) is 4.74 Å². The van der Waals surface area contributed by atoms with Crippen molar-refractivity contribution in [2.24, 2.45) is 0 Å². The summed E-state index contributed by atoms with van der Waals surface area (Å²) in [7, 11) is 0. The first-order valence-corrected chi connectivity index (χ1v) is 5.90. The van der Waals surface area contributed by atoms with Crippen molar-refractivity contribution >= 4 is 11.7 Å². The zero-order valence-electron chi connectivity index (χ0n) is 10.4. The molecule has 1 aromatic rings. The number of morpholine rings is 1. The van der Waals surface area contributed by atoms with Crippen molar-refractivity contribution in [3.63, 3.8) is 0 Å². The molecule has 5 heteroatoms. The molecule has 1 N–H and O–H groups in total. The number of nitrogens with zero attached hydrogens (tertiary/aromatic N) is 1. The topological polar surface area (TPSA) is 49.8 Å². The van der Waals surface area contributed by atoms with E-state index in [4.69, 9.17) is 9.84 Å². The van der Waals surface area contributed by atoms with Crippen molar-refractivity contribution in [3.8, 4) is 0 Å². The Kier molecular flexibility index (Phi) is 3.52. The van der Waals surface area contributed by atoms with Crippen LogP contribution in [0.15, 0.2) is 18.2 Å². The second-order valence-corrected chi connectivity index (χ2v) is 4.59. The molecule has 1 heterocycles. The van der Waals surface area contributed by atoms with Gasteiger partial charge in [-0.05, 0) is 26.0 Å². The van der Waals surface area contributed by atoms with Gasteiger partial charge >= 0.3 is 5.97 Å². The monoisotopic (exact) mass is 253 g/mol. The molecule has 2 rings (SSSR count). The third-order valence-electron chi connectivity index (χ3n) is 3.11. The van der Waals surface area contributed by atoms with E-state index in [9.17, 15) is 9.18 Å². The Bertz CT molecular complexity index is 464. The maximum absolute atomic E-state index is 13.9. The highest BCUT2D eigenvalue weighted by Gasteiger charge is 2.29. The van der Waals surface area contributed by atoms with Crippen molar-refractivity contribution < 1.29 is 19.0 Å². The number of ether oxygens (including phenoxy) is 1. The van der Waals surface area contributed by atoms with Gasteiger partial charge in [0.15, 0.2) is 0 Å². The summed E-state index contributed by atoms with van der Waals surface area (Å²) in [6.45, 7) is 4.74. The summed E-state index contributed by atoms with van der Waals surface area (Å²) in [6, 6.07) is 4.08. The van der Waals surface area contributed by atoms with Gasteiger partial charge in [-0.15, -0.1) is 0 Å². The number of carboxylic acids is 1. The zero-order valence-corrected chi connectivity index (χ0v) is 10.4. The fourth-order valence-electron chi connectivity index (χ4n) is 2.19. The lowest BCUT2D eigenvalue weighted by Crippen LogP contribution is -2.48. The largest absolute Gasteiger partial charge is 0.478 e. The van der Waals surface area contributed by atoms with Crippen molar-refractivity contribution in [3.05, 3.63) is 29.6 Å². The van der Waals surface area contributed by atoms with Crippen LogP contribution in [0.2, 0.25) is 0 Å². The fraction of sp³-hybridized carbons (Fsp3) is 0.462. The Morgan fingerprint density at radius 3 is 2.89 bits per heavy atom. The molecule has 18 heavy (non-hydrogen) atoms. The highest BCUT2D eigenvalue weighted by Crippen LogP contribution is 2.28. The molecule has 0 spiro atoms. The number of benzene rings is 1. The lowest BCUT2D eigenvalue weighted by molar-refractivity contribution is 0.0338. The van der Waals surface area contributed by atoms with Crippen LogP contribution in [0.5, 0.6) is 0 Å². The molecule has 2 unspecified atom stereocenters. The second kappa shape index (κ2) is 4.94. The first-order chi connectivity index (χ1) is 8.50. The molecule has 0 amide bonds. The lowest BCUT2D eigenvalue weighted by atomic mass is 10.1.